The number of Topliss-reactive ketones (excluding diaryl/α,β-unsaturated/α-hetero) is 1. The van der Waals surface area contributed by atoms with Crippen molar-refractivity contribution < 1.29 is 4.79 Å². The van der Waals surface area contributed by atoms with Crippen molar-refractivity contribution in [3.63, 3.8) is 0 Å². The maximum atomic E-state index is 12.2. The van der Waals surface area contributed by atoms with Crippen molar-refractivity contribution in [1.29, 1.82) is 0 Å². The number of ketones is 1. The van der Waals surface area contributed by atoms with Crippen molar-refractivity contribution in [2.75, 3.05) is 6.54 Å². The third-order valence-corrected chi connectivity index (χ3v) is 3.03. The molecular weight excluding hydrogens is 190 g/mol. The number of aromatic nitrogens is 2. The largest absolute Gasteiger partial charge is 0.329 e. The summed E-state index contributed by atoms with van der Waals surface area (Å²) in [6.07, 6.45) is 2.40. The third-order valence-electron chi connectivity index (χ3n) is 3.03. The Morgan fingerprint density at radius 2 is 2.27 bits per heavy atom. The van der Waals surface area contributed by atoms with Crippen molar-refractivity contribution in [2.24, 2.45) is 11.1 Å². The van der Waals surface area contributed by atoms with Gasteiger partial charge in [0.1, 0.15) is 5.69 Å². The highest BCUT2D eigenvalue weighted by atomic mass is 16.1. The van der Waals surface area contributed by atoms with Crippen molar-refractivity contribution in [1.82, 2.24) is 9.78 Å². The lowest BCUT2D eigenvalue weighted by molar-refractivity contribution is 0.0808. The molecule has 1 aromatic rings. The Morgan fingerprint density at radius 3 is 2.73 bits per heavy atom. The molecule has 0 amide bonds. The number of hydrogen-bond donors (Lipinski definition) is 1. The molecule has 0 saturated heterocycles. The zero-order valence-electron chi connectivity index (χ0n) is 9.66. The molecule has 0 aliphatic carbocycles. The van der Waals surface area contributed by atoms with Crippen LogP contribution in [0, 0.1) is 5.41 Å². The van der Waals surface area contributed by atoms with E-state index in [1.54, 1.807) is 16.9 Å². The molecule has 0 aliphatic rings. The van der Waals surface area contributed by atoms with Crippen LogP contribution in [0.2, 0.25) is 0 Å². The first-order chi connectivity index (χ1) is 7.09. The molecule has 0 bridgehead atoms. The van der Waals surface area contributed by atoms with E-state index in [4.69, 9.17) is 5.73 Å². The number of nitrogens with zero attached hydrogens (tertiary/aromatic N) is 2. The molecule has 2 N–H and O–H groups in total. The average Bonchev–Trinajstić information content (AvgIpc) is 2.74. The molecule has 1 heterocycles. The van der Waals surface area contributed by atoms with Gasteiger partial charge in [0.05, 0.1) is 0 Å². The molecule has 1 aromatic heterocycles. The lowest BCUT2D eigenvalue weighted by Crippen LogP contribution is -2.36. The molecule has 0 saturated carbocycles. The van der Waals surface area contributed by atoms with Crippen LogP contribution < -0.4 is 5.73 Å². The van der Waals surface area contributed by atoms with E-state index < -0.39 is 5.41 Å². The molecule has 0 fully saturated rings. The highest BCUT2D eigenvalue weighted by Crippen LogP contribution is 2.24. The normalized spacial score (nSPS) is 14.9. The molecule has 0 radical (unpaired) electrons. The fraction of sp³-hybridized carbons (Fsp3) is 0.636. The predicted molar refractivity (Wildman–Crippen MR) is 59.7 cm³/mol. The van der Waals surface area contributed by atoms with Gasteiger partial charge in [-0.25, -0.2) is 0 Å². The third kappa shape index (κ3) is 2.09. The highest BCUT2D eigenvalue weighted by molar-refractivity contribution is 5.99. The Morgan fingerprint density at radius 1 is 1.60 bits per heavy atom. The SMILES string of the molecule is CCn1nccc1C(=O)C(C)(CC)CN. The quantitative estimate of drug-likeness (QED) is 0.747. The van der Waals surface area contributed by atoms with Gasteiger partial charge in [-0.05, 0) is 19.4 Å². The van der Waals surface area contributed by atoms with E-state index >= 15 is 0 Å². The number of rotatable bonds is 5. The van der Waals surface area contributed by atoms with Crippen molar-refractivity contribution in [3.8, 4) is 0 Å². The summed E-state index contributed by atoms with van der Waals surface area (Å²) >= 11 is 0. The Hall–Kier alpha value is -1.16. The second-order valence-electron chi connectivity index (χ2n) is 3.98. The summed E-state index contributed by atoms with van der Waals surface area (Å²) in [6, 6.07) is 1.76. The Bertz CT molecular complexity index is 339. The molecule has 1 unspecified atom stereocenters. The van der Waals surface area contributed by atoms with Gasteiger partial charge in [-0.15, -0.1) is 0 Å². The fourth-order valence-corrected chi connectivity index (χ4v) is 1.48. The number of aryl methyl sites for hydroxylation is 1. The number of carbonyl (C=O) groups is 1. The van der Waals surface area contributed by atoms with Gasteiger partial charge in [-0.1, -0.05) is 13.8 Å². The van der Waals surface area contributed by atoms with Crippen LogP contribution in [0.1, 0.15) is 37.7 Å². The zero-order valence-corrected chi connectivity index (χ0v) is 9.66. The average molecular weight is 209 g/mol. The van der Waals surface area contributed by atoms with Gasteiger partial charge in [-0.2, -0.15) is 5.10 Å². The minimum absolute atomic E-state index is 0.0897. The topological polar surface area (TPSA) is 60.9 Å². The zero-order chi connectivity index (χ0) is 11.5. The summed E-state index contributed by atoms with van der Waals surface area (Å²) in [7, 11) is 0. The van der Waals surface area contributed by atoms with Gasteiger partial charge in [0.25, 0.3) is 0 Å². The maximum absolute atomic E-state index is 12.2. The van der Waals surface area contributed by atoms with E-state index in [1.165, 1.54) is 0 Å². The van der Waals surface area contributed by atoms with E-state index in [2.05, 4.69) is 5.10 Å². The maximum Gasteiger partial charge on any atom is 0.187 e. The number of carbonyl (C=O) groups excluding carboxylic acids is 1. The molecule has 0 aliphatic heterocycles. The molecule has 1 rings (SSSR count). The van der Waals surface area contributed by atoms with E-state index in [9.17, 15) is 4.79 Å². The standard InChI is InChI=1S/C11H19N3O/c1-4-11(3,8-12)10(15)9-6-7-13-14(9)5-2/h6-7H,4-5,8,12H2,1-3H3. The lowest BCUT2D eigenvalue weighted by Gasteiger charge is -2.24. The number of nitrogens with two attached hydrogens (primary N) is 1. The molecule has 0 spiro atoms. The Kier molecular flexibility index (Phi) is 3.63. The smallest absolute Gasteiger partial charge is 0.187 e. The van der Waals surface area contributed by atoms with Crippen LogP contribution in [0.25, 0.3) is 0 Å². The molecule has 15 heavy (non-hydrogen) atoms. The molecule has 84 valence electrons. The van der Waals surface area contributed by atoms with Crippen molar-refractivity contribution in [3.05, 3.63) is 18.0 Å². The van der Waals surface area contributed by atoms with Crippen LogP contribution >= 0.6 is 0 Å². The summed E-state index contributed by atoms with van der Waals surface area (Å²) in [4.78, 5) is 12.2. The highest BCUT2D eigenvalue weighted by Gasteiger charge is 2.32. The second-order valence-corrected chi connectivity index (χ2v) is 3.98. The monoisotopic (exact) mass is 209 g/mol. The number of hydrogen-bond acceptors (Lipinski definition) is 3. The molecule has 1 atom stereocenters. The van der Waals surface area contributed by atoms with Gasteiger partial charge in [0.15, 0.2) is 5.78 Å². The lowest BCUT2D eigenvalue weighted by atomic mass is 9.81. The molecule has 4 heteroatoms. The van der Waals surface area contributed by atoms with E-state index in [0.29, 0.717) is 18.8 Å². The Labute approximate surface area is 90.5 Å². The first-order valence-corrected chi connectivity index (χ1v) is 5.35. The summed E-state index contributed by atoms with van der Waals surface area (Å²) < 4.78 is 1.71. The minimum atomic E-state index is -0.465. The first kappa shape index (κ1) is 11.9. The van der Waals surface area contributed by atoms with Crippen LogP contribution in [0.15, 0.2) is 12.3 Å². The van der Waals surface area contributed by atoms with E-state index in [1.807, 2.05) is 20.8 Å². The summed E-state index contributed by atoms with van der Waals surface area (Å²) in [6.45, 7) is 6.94. The summed E-state index contributed by atoms with van der Waals surface area (Å²) in [5.41, 5.74) is 5.86. The first-order valence-electron chi connectivity index (χ1n) is 5.35. The Balaban J connectivity index is 3.03. The van der Waals surface area contributed by atoms with Gasteiger partial charge in [0, 0.05) is 24.7 Å². The van der Waals surface area contributed by atoms with Gasteiger partial charge in [0.2, 0.25) is 0 Å². The second kappa shape index (κ2) is 4.57. The minimum Gasteiger partial charge on any atom is -0.329 e. The molecule has 0 aromatic carbocycles. The predicted octanol–water partition coefficient (Wildman–Crippen LogP) is 1.46. The van der Waals surface area contributed by atoms with Gasteiger partial charge >= 0.3 is 0 Å². The van der Waals surface area contributed by atoms with Crippen LogP contribution in [-0.4, -0.2) is 22.1 Å². The summed E-state index contributed by atoms with van der Waals surface area (Å²) in [5, 5.41) is 4.09. The van der Waals surface area contributed by atoms with E-state index in [-0.39, 0.29) is 5.78 Å². The molecular formula is C11H19N3O. The van der Waals surface area contributed by atoms with Crippen LogP contribution in [0.4, 0.5) is 0 Å². The van der Waals surface area contributed by atoms with Gasteiger partial charge < -0.3 is 5.73 Å². The van der Waals surface area contributed by atoms with Crippen LogP contribution in [-0.2, 0) is 6.54 Å². The van der Waals surface area contributed by atoms with Crippen molar-refractivity contribution >= 4 is 5.78 Å². The van der Waals surface area contributed by atoms with Gasteiger partial charge in [-0.3, -0.25) is 9.48 Å². The fourth-order valence-electron chi connectivity index (χ4n) is 1.48. The van der Waals surface area contributed by atoms with Crippen LogP contribution in [0.5, 0.6) is 0 Å². The van der Waals surface area contributed by atoms with Crippen LogP contribution in [0.3, 0.4) is 0 Å². The summed E-state index contributed by atoms with van der Waals surface area (Å²) in [5.74, 6) is 0.0897. The molecule has 4 nitrogen and oxygen atoms in total. The van der Waals surface area contributed by atoms with E-state index in [0.717, 1.165) is 6.42 Å². The van der Waals surface area contributed by atoms with Crippen molar-refractivity contribution in [2.45, 2.75) is 33.7 Å².